The maximum Gasteiger partial charge on any atom is 0.204 e. The van der Waals surface area contributed by atoms with Crippen molar-refractivity contribution in [2.24, 2.45) is 0 Å². The molecule has 0 aliphatic carbocycles. The van der Waals surface area contributed by atoms with Crippen LogP contribution in [-0.4, -0.2) is 15.0 Å². The van der Waals surface area contributed by atoms with Crippen molar-refractivity contribution >= 4 is 22.2 Å². The molecule has 0 radical (unpaired) electrons. The SMILES string of the molecule is CC(c1nc2ccccc2o1)c1cccnc1C(C)c1nc2ccccc2o1. The van der Waals surface area contributed by atoms with Gasteiger partial charge in [-0.3, -0.25) is 4.98 Å². The molecule has 3 aromatic heterocycles. The van der Waals surface area contributed by atoms with Crippen LogP contribution in [-0.2, 0) is 0 Å². The molecule has 5 aromatic rings. The summed E-state index contributed by atoms with van der Waals surface area (Å²) in [6, 6.07) is 19.6. The zero-order chi connectivity index (χ0) is 19.1. The van der Waals surface area contributed by atoms with Crippen molar-refractivity contribution < 1.29 is 8.83 Å². The Morgan fingerprint density at radius 3 is 1.86 bits per heavy atom. The highest BCUT2D eigenvalue weighted by Gasteiger charge is 2.25. The molecule has 5 rings (SSSR count). The van der Waals surface area contributed by atoms with Crippen molar-refractivity contribution in [1.82, 2.24) is 15.0 Å². The first-order valence-corrected chi connectivity index (χ1v) is 9.36. The molecule has 5 nitrogen and oxygen atoms in total. The number of nitrogens with zero attached hydrogens (tertiary/aromatic N) is 3. The third-order valence-corrected chi connectivity index (χ3v) is 5.11. The molecular formula is C23H19N3O2. The second-order valence-corrected chi connectivity index (χ2v) is 6.96. The van der Waals surface area contributed by atoms with Crippen molar-refractivity contribution in [3.63, 3.8) is 0 Å². The molecule has 0 N–H and O–H groups in total. The molecule has 0 saturated heterocycles. The number of fused-ring (bicyclic) bond motifs is 2. The van der Waals surface area contributed by atoms with Crippen molar-refractivity contribution in [3.8, 4) is 0 Å². The van der Waals surface area contributed by atoms with Crippen LogP contribution in [0.4, 0.5) is 0 Å². The van der Waals surface area contributed by atoms with Crippen LogP contribution in [0, 0.1) is 0 Å². The van der Waals surface area contributed by atoms with Gasteiger partial charge in [-0.05, 0) is 49.7 Å². The summed E-state index contributed by atoms with van der Waals surface area (Å²) < 4.78 is 12.0. The third-order valence-electron chi connectivity index (χ3n) is 5.11. The Kier molecular flexibility index (Phi) is 3.93. The van der Waals surface area contributed by atoms with Gasteiger partial charge in [0.05, 0.1) is 17.5 Å². The Hall–Kier alpha value is -3.47. The number of hydrogen-bond acceptors (Lipinski definition) is 5. The van der Waals surface area contributed by atoms with Gasteiger partial charge < -0.3 is 8.83 Å². The van der Waals surface area contributed by atoms with Gasteiger partial charge >= 0.3 is 0 Å². The fraction of sp³-hybridized carbons (Fsp3) is 0.174. The summed E-state index contributed by atoms with van der Waals surface area (Å²) in [5.41, 5.74) is 5.28. The van der Waals surface area contributed by atoms with E-state index in [2.05, 4.69) is 34.9 Å². The Morgan fingerprint density at radius 1 is 0.679 bits per heavy atom. The second kappa shape index (κ2) is 6.60. The smallest absolute Gasteiger partial charge is 0.204 e. The minimum absolute atomic E-state index is 0.0390. The fourth-order valence-electron chi connectivity index (χ4n) is 3.56. The van der Waals surface area contributed by atoms with Crippen LogP contribution >= 0.6 is 0 Å². The van der Waals surface area contributed by atoms with E-state index in [0.29, 0.717) is 11.8 Å². The summed E-state index contributed by atoms with van der Waals surface area (Å²) in [4.78, 5) is 14.0. The highest BCUT2D eigenvalue weighted by atomic mass is 16.4. The van der Waals surface area contributed by atoms with E-state index in [1.54, 1.807) is 6.20 Å². The first-order chi connectivity index (χ1) is 13.7. The molecule has 28 heavy (non-hydrogen) atoms. The normalized spacial score (nSPS) is 13.8. The molecule has 0 bridgehead atoms. The fourth-order valence-corrected chi connectivity index (χ4v) is 3.56. The Balaban J connectivity index is 1.56. The van der Waals surface area contributed by atoms with Gasteiger partial charge in [-0.1, -0.05) is 30.3 Å². The van der Waals surface area contributed by atoms with Gasteiger partial charge in [-0.25, -0.2) is 9.97 Å². The van der Waals surface area contributed by atoms with E-state index in [1.807, 2.05) is 54.6 Å². The first-order valence-electron chi connectivity index (χ1n) is 9.36. The molecule has 0 saturated carbocycles. The summed E-state index contributed by atoms with van der Waals surface area (Å²) >= 11 is 0. The van der Waals surface area contributed by atoms with Gasteiger partial charge in [0.25, 0.3) is 0 Å². The van der Waals surface area contributed by atoms with Crippen LogP contribution in [0.1, 0.15) is 48.7 Å². The minimum Gasteiger partial charge on any atom is -0.440 e. The number of rotatable bonds is 4. The van der Waals surface area contributed by atoms with Crippen molar-refractivity contribution in [3.05, 3.63) is 89.9 Å². The van der Waals surface area contributed by atoms with Gasteiger partial charge in [0.2, 0.25) is 11.8 Å². The summed E-state index contributed by atoms with van der Waals surface area (Å²) in [5, 5.41) is 0. The van der Waals surface area contributed by atoms with Gasteiger partial charge in [-0.2, -0.15) is 0 Å². The number of aromatic nitrogens is 3. The average Bonchev–Trinajstić information content (AvgIpc) is 3.36. The van der Waals surface area contributed by atoms with Gasteiger partial charge in [0.15, 0.2) is 11.2 Å². The lowest BCUT2D eigenvalue weighted by atomic mass is 9.93. The molecule has 138 valence electrons. The van der Waals surface area contributed by atoms with Crippen LogP contribution in [0.3, 0.4) is 0 Å². The zero-order valence-electron chi connectivity index (χ0n) is 15.7. The largest absolute Gasteiger partial charge is 0.440 e. The Bertz CT molecular complexity index is 1110. The van der Waals surface area contributed by atoms with E-state index in [-0.39, 0.29) is 11.8 Å². The van der Waals surface area contributed by atoms with Gasteiger partial charge in [0, 0.05) is 6.20 Å². The second-order valence-electron chi connectivity index (χ2n) is 6.96. The number of benzene rings is 2. The number of para-hydroxylation sites is 4. The third kappa shape index (κ3) is 2.76. The van der Waals surface area contributed by atoms with Crippen LogP contribution in [0.25, 0.3) is 22.2 Å². The van der Waals surface area contributed by atoms with Crippen LogP contribution in [0.5, 0.6) is 0 Å². The van der Waals surface area contributed by atoms with Crippen LogP contribution in [0.2, 0.25) is 0 Å². The minimum atomic E-state index is -0.0876. The van der Waals surface area contributed by atoms with Crippen LogP contribution < -0.4 is 0 Å². The molecule has 2 aromatic carbocycles. The monoisotopic (exact) mass is 369 g/mol. The summed E-state index contributed by atoms with van der Waals surface area (Å²) in [6.07, 6.45) is 1.80. The highest BCUT2D eigenvalue weighted by molar-refractivity contribution is 5.73. The van der Waals surface area contributed by atoms with E-state index < -0.39 is 0 Å². The van der Waals surface area contributed by atoms with Gasteiger partial charge in [0.1, 0.15) is 11.0 Å². The van der Waals surface area contributed by atoms with Crippen molar-refractivity contribution in [1.29, 1.82) is 0 Å². The first kappa shape index (κ1) is 16.7. The molecule has 0 aliphatic heterocycles. The van der Waals surface area contributed by atoms with E-state index in [9.17, 15) is 0 Å². The van der Waals surface area contributed by atoms with Crippen molar-refractivity contribution in [2.75, 3.05) is 0 Å². The topological polar surface area (TPSA) is 65.0 Å². The Labute approximate surface area is 162 Å². The molecule has 0 spiro atoms. The van der Waals surface area contributed by atoms with E-state index in [4.69, 9.17) is 8.83 Å². The maximum absolute atomic E-state index is 5.99. The molecule has 2 atom stereocenters. The number of hydrogen-bond donors (Lipinski definition) is 0. The average molecular weight is 369 g/mol. The predicted molar refractivity (Wildman–Crippen MR) is 107 cm³/mol. The molecule has 2 unspecified atom stereocenters. The molecule has 5 heteroatoms. The molecule has 0 fully saturated rings. The highest BCUT2D eigenvalue weighted by Crippen LogP contribution is 2.34. The lowest BCUT2D eigenvalue weighted by Gasteiger charge is -2.16. The quantitative estimate of drug-likeness (QED) is 0.408. The van der Waals surface area contributed by atoms with Crippen LogP contribution in [0.15, 0.2) is 75.7 Å². The summed E-state index contributed by atoms with van der Waals surface area (Å²) in [6.45, 7) is 4.15. The molecular weight excluding hydrogens is 350 g/mol. The Morgan fingerprint density at radius 2 is 1.25 bits per heavy atom. The van der Waals surface area contributed by atoms with Gasteiger partial charge in [-0.15, -0.1) is 0 Å². The number of pyridine rings is 1. The molecule has 0 aliphatic rings. The molecule has 0 amide bonds. The maximum atomic E-state index is 5.99. The molecule has 3 heterocycles. The predicted octanol–water partition coefficient (Wildman–Crippen LogP) is 5.67. The standard InChI is InChI=1S/C23H19N3O2/c1-14(22-25-17-9-3-5-11-19(17)27-22)16-8-7-13-24-21(16)15(2)23-26-18-10-4-6-12-20(18)28-23/h3-15H,1-2H3. The van der Waals surface area contributed by atoms with Crippen molar-refractivity contribution in [2.45, 2.75) is 25.7 Å². The zero-order valence-corrected chi connectivity index (χ0v) is 15.7. The van der Waals surface area contributed by atoms with E-state index in [0.717, 1.165) is 33.5 Å². The summed E-state index contributed by atoms with van der Waals surface area (Å²) in [5.74, 6) is 1.21. The van der Waals surface area contributed by atoms with E-state index in [1.165, 1.54) is 0 Å². The lowest BCUT2D eigenvalue weighted by Crippen LogP contribution is -2.08. The lowest BCUT2D eigenvalue weighted by molar-refractivity contribution is 0.495. The number of oxazole rings is 2. The summed E-state index contributed by atoms with van der Waals surface area (Å²) in [7, 11) is 0. The van der Waals surface area contributed by atoms with E-state index >= 15 is 0 Å².